The van der Waals surface area contributed by atoms with Crippen LogP contribution in [-0.2, 0) is 16.9 Å². The normalized spacial score (nSPS) is 16.7. The van der Waals surface area contributed by atoms with Crippen molar-refractivity contribution in [2.75, 3.05) is 13.1 Å². The zero-order chi connectivity index (χ0) is 32.0. The molecule has 1 saturated heterocycles. The summed E-state index contributed by atoms with van der Waals surface area (Å²) in [4.78, 5) is 47.9. The molecule has 0 spiro atoms. The fourth-order valence-corrected chi connectivity index (χ4v) is 6.48. The van der Waals surface area contributed by atoms with E-state index in [0.29, 0.717) is 53.8 Å². The molecule has 0 bridgehead atoms. The van der Waals surface area contributed by atoms with E-state index in [1.54, 1.807) is 39.8 Å². The highest BCUT2D eigenvalue weighted by molar-refractivity contribution is 6.09. The summed E-state index contributed by atoms with van der Waals surface area (Å²) in [5.74, 6) is -2.06. The first kappa shape index (κ1) is 29.1. The fourth-order valence-electron chi connectivity index (χ4n) is 6.48. The highest BCUT2D eigenvalue weighted by Crippen LogP contribution is 2.40. The summed E-state index contributed by atoms with van der Waals surface area (Å²) < 4.78 is 34.7. The number of carbonyl (C=O) groups excluding carboxylic acids is 2. The molecule has 9 nitrogen and oxygen atoms in total. The van der Waals surface area contributed by atoms with E-state index in [1.165, 1.54) is 53.4 Å². The molecular formula is C35H29F2N5O4. The molecule has 2 aliphatic rings. The molecule has 1 aromatic heterocycles. The molecule has 2 aliphatic heterocycles. The molecule has 2 amide bonds. The minimum absolute atomic E-state index is 0.0258. The first-order valence-electron chi connectivity index (χ1n) is 14.9. The van der Waals surface area contributed by atoms with E-state index in [1.807, 2.05) is 18.2 Å². The second-order valence-corrected chi connectivity index (χ2v) is 11.5. The number of nitrogens with two attached hydrogens (primary N) is 1. The van der Waals surface area contributed by atoms with Gasteiger partial charge in [0, 0.05) is 24.7 Å². The maximum absolute atomic E-state index is 14.2. The number of hydrogen-bond acceptors (Lipinski definition) is 6. The largest absolute Gasteiger partial charge is 0.420 e. The number of para-hydroxylation sites is 2. The Hall–Kier alpha value is -5.58. The van der Waals surface area contributed by atoms with Gasteiger partial charge in [0.2, 0.25) is 0 Å². The SMILES string of the molecule is NC1=NC(c2ccc(F)cc2)(c2ccc(F)cc2)C(=O)N1Cc1cccc(C(=O)N2CCC(n3c(=O)oc4ccccc43)CC2)c1. The van der Waals surface area contributed by atoms with Crippen LogP contribution in [0.3, 0.4) is 0 Å². The molecule has 46 heavy (non-hydrogen) atoms. The highest BCUT2D eigenvalue weighted by atomic mass is 19.1. The number of benzene rings is 4. The molecule has 5 aromatic rings. The lowest BCUT2D eigenvalue weighted by Gasteiger charge is -2.32. The third kappa shape index (κ3) is 4.93. The number of amides is 2. The van der Waals surface area contributed by atoms with Crippen molar-refractivity contribution in [2.24, 2.45) is 10.7 Å². The number of guanidine groups is 1. The van der Waals surface area contributed by atoms with Gasteiger partial charge >= 0.3 is 5.76 Å². The van der Waals surface area contributed by atoms with Gasteiger partial charge in [-0.2, -0.15) is 0 Å². The van der Waals surface area contributed by atoms with Gasteiger partial charge in [-0.05, 0) is 78.1 Å². The number of nitrogens with zero attached hydrogens (tertiary/aromatic N) is 4. The smallest absolute Gasteiger partial charge is 0.408 e. The Bertz CT molecular complexity index is 2000. The number of rotatable bonds is 6. The first-order valence-corrected chi connectivity index (χ1v) is 14.9. The van der Waals surface area contributed by atoms with Gasteiger partial charge in [-0.1, -0.05) is 48.5 Å². The monoisotopic (exact) mass is 621 g/mol. The molecule has 232 valence electrons. The van der Waals surface area contributed by atoms with Gasteiger partial charge < -0.3 is 15.1 Å². The van der Waals surface area contributed by atoms with Gasteiger partial charge in [0.1, 0.15) is 11.6 Å². The number of piperidine rings is 1. The van der Waals surface area contributed by atoms with Gasteiger partial charge in [0.05, 0.1) is 12.1 Å². The topological polar surface area (TPSA) is 114 Å². The minimum atomic E-state index is -1.63. The van der Waals surface area contributed by atoms with E-state index in [2.05, 4.69) is 4.99 Å². The summed E-state index contributed by atoms with van der Waals surface area (Å²) in [5, 5.41) is 0. The lowest BCUT2D eigenvalue weighted by atomic mass is 9.82. The van der Waals surface area contributed by atoms with Gasteiger partial charge in [0.25, 0.3) is 11.8 Å². The Morgan fingerprint density at radius 3 is 2.15 bits per heavy atom. The van der Waals surface area contributed by atoms with E-state index in [-0.39, 0.29) is 24.5 Å². The standard InChI is InChI=1S/C35H29F2N5O4/c36-26-12-8-24(9-13-26)35(25-10-14-27(37)15-11-25)32(44)41(33(38)39-35)21-22-4-3-5-23(20-22)31(43)40-18-16-28(17-19-40)42-29-6-1-2-7-30(29)46-34(42)45/h1-15,20,28H,16-19,21H2,(H2,38,39). The average molecular weight is 622 g/mol. The first-order chi connectivity index (χ1) is 22.2. The van der Waals surface area contributed by atoms with Crippen molar-refractivity contribution in [2.45, 2.75) is 31.0 Å². The fraction of sp³-hybridized carbons (Fsp3) is 0.200. The summed E-state index contributed by atoms with van der Waals surface area (Å²) in [7, 11) is 0. The van der Waals surface area contributed by atoms with Gasteiger partial charge in [0.15, 0.2) is 17.1 Å². The Morgan fingerprint density at radius 2 is 1.50 bits per heavy atom. The van der Waals surface area contributed by atoms with Crippen LogP contribution in [-0.4, -0.2) is 45.2 Å². The predicted molar refractivity (Wildman–Crippen MR) is 167 cm³/mol. The number of halogens is 2. The second-order valence-electron chi connectivity index (χ2n) is 11.5. The number of aliphatic imine (C=N–C) groups is 1. The number of hydrogen-bond donors (Lipinski definition) is 1. The second kappa shape index (κ2) is 11.4. The van der Waals surface area contributed by atoms with Crippen LogP contribution in [0.1, 0.15) is 45.9 Å². The van der Waals surface area contributed by atoms with Crippen molar-refractivity contribution < 1.29 is 22.8 Å². The third-order valence-electron chi connectivity index (χ3n) is 8.79. The Morgan fingerprint density at radius 1 is 0.870 bits per heavy atom. The van der Waals surface area contributed by atoms with Gasteiger partial charge in [-0.15, -0.1) is 0 Å². The van der Waals surface area contributed by atoms with Crippen LogP contribution in [0.25, 0.3) is 11.1 Å². The van der Waals surface area contributed by atoms with Crippen molar-refractivity contribution in [3.05, 3.63) is 142 Å². The minimum Gasteiger partial charge on any atom is -0.408 e. The number of aromatic nitrogens is 1. The van der Waals surface area contributed by atoms with Crippen molar-refractivity contribution in [1.29, 1.82) is 0 Å². The predicted octanol–water partition coefficient (Wildman–Crippen LogP) is 4.95. The van der Waals surface area contributed by atoms with E-state index < -0.39 is 28.8 Å². The van der Waals surface area contributed by atoms with Crippen LogP contribution in [0.5, 0.6) is 0 Å². The van der Waals surface area contributed by atoms with E-state index >= 15 is 0 Å². The Labute approximate surface area is 262 Å². The van der Waals surface area contributed by atoms with Crippen molar-refractivity contribution in [3.8, 4) is 0 Å². The molecule has 7 rings (SSSR count). The molecule has 3 heterocycles. The maximum atomic E-state index is 14.2. The molecule has 0 aliphatic carbocycles. The van der Waals surface area contributed by atoms with E-state index in [0.717, 1.165) is 5.52 Å². The summed E-state index contributed by atoms with van der Waals surface area (Å²) in [6.45, 7) is 0.946. The van der Waals surface area contributed by atoms with Crippen molar-refractivity contribution >= 4 is 28.9 Å². The van der Waals surface area contributed by atoms with Crippen LogP contribution in [0.15, 0.2) is 111 Å². The molecule has 0 unspecified atom stereocenters. The molecule has 2 N–H and O–H groups in total. The van der Waals surface area contributed by atoms with Crippen LogP contribution in [0, 0.1) is 11.6 Å². The van der Waals surface area contributed by atoms with Gasteiger partial charge in [-0.3, -0.25) is 19.1 Å². The molecule has 0 saturated carbocycles. The van der Waals surface area contributed by atoms with Crippen LogP contribution in [0.4, 0.5) is 8.78 Å². The summed E-state index contributed by atoms with van der Waals surface area (Å²) in [6.07, 6.45) is 1.19. The van der Waals surface area contributed by atoms with Gasteiger partial charge in [-0.25, -0.2) is 18.6 Å². The lowest BCUT2D eigenvalue weighted by Crippen LogP contribution is -2.43. The van der Waals surface area contributed by atoms with Crippen LogP contribution >= 0.6 is 0 Å². The van der Waals surface area contributed by atoms with E-state index in [9.17, 15) is 23.2 Å². The average Bonchev–Trinajstić information content (AvgIpc) is 3.54. The molecule has 0 radical (unpaired) electrons. The molecule has 4 aromatic carbocycles. The molecular weight excluding hydrogens is 592 g/mol. The number of fused-ring (bicyclic) bond motifs is 1. The van der Waals surface area contributed by atoms with Crippen LogP contribution < -0.4 is 11.5 Å². The lowest BCUT2D eigenvalue weighted by molar-refractivity contribution is -0.130. The highest BCUT2D eigenvalue weighted by Gasteiger charge is 2.50. The Kier molecular flexibility index (Phi) is 7.23. The molecule has 0 atom stereocenters. The van der Waals surface area contributed by atoms with Crippen molar-refractivity contribution in [3.63, 3.8) is 0 Å². The number of oxazole rings is 1. The van der Waals surface area contributed by atoms with Crippen molar-refractivity contribution in [1.82, 2.24) is 14.4 Å². The zero-order valence-corrected chi connectivity index (χ0v) is 24.6. The summed E-state index contributed by atoms with van der Waals surface area (Å²) >= 11 is 0. The number of carbonyl (C=O) groups is 2. The van der Waals surface area contributed by atoms with E-state index in [4.69, 9.17) is 10.2 Å². The zero-order valence-electron chi connectivity index (χ0n) is 24.6. The Balaban J connectivity index is 1.10. The quantitative estimate of drug-likeness (QED) is 0.288. The molecule has 11 heteroatoms. The third-order valence-corrected chi connectivity index (χ3v) is 8.79. The molecule has 1 fully saturated rings. The summed E-state index contributed by atoms with van der Waals surface area (Å²) in [5.41, 5.74) is 7.86. The van der Waals surface area contributed by atoms with Crippen LogP contribution in [0.2, 0.25) is 0 Å². The maximum Gasteiger partial charge on any atom is 0.420 e. The number of likely N-dealkylation sites (tertiary alicyclic amines) is 1. The summed E-state index contributed by atoms with van der Waals surface area (Å²) in [6, 6.07) is 25.0.